The second kappa shape index (κ2) is 4.91. The highest BCUT2D eigenvalue weighted by Gasteiger charge is 2.11. The molecule has 1 aliphatic heterocycles. The molecule has 0 fully saturated rings. The molecule has 1 aromatic carbocycles. The summed E-state index contributed by atoms with van der Waals surface area (Å²) in [5, 5.41) is 3.25. The average molecular weight is 243 g/mol. The van der Waals surface area contributed by atoms with Gasteiger partial charge in [-0.3, -0.25) is 0 Å². The van der Waals surface area contributed by atoms with Gasteiger partial charge >= 0.3 is 0 Å². The van der Waals surface area contributed by atoms with Gasteiger partial charge in [0.1, 0.15) is 19.0 Å². The normalized spacial score (nSPS) is 13.1. The fraction of sp³-hybridized carbons (Fsp3) is 0.231. The fourth-order valence-electron chi connectivity index (χ4n) is 1.76. The average Bonchev–Trinajstić information content (AvgIpc) is 2.46. The van der Waals surface area contributed by atoms with Crippen molar-refractivity contribution in [3.63, 3.8) is 0 Å². The van der Waals surface area contributed by atoms with Crippen LogP contribution in [0.25, 0.3) is 0 Å². The molecule has 5 heteroatoms. The van der Waals surface area contributed by atoms with Crippen LogP contribution < -0.4 is 14.8 Å². The Hall–Kier alpha value is -2.30. The van der Waals surface area contributed by atoms with Gasteiger partial charge in [0.25, 0.3) is 0 Å². The summed E-state index contributed by atoms with van der Waals surface area (Å²) in [7, 11) is 0. The number of aromatic nitrogens is 2. The summed E-state index contributed by atoms with van der Waals surface area (Å²) >= 11 is 0. The molecule has 2 aromatic rings. The zero-order valence-corrected chi connectivity index (χ0v) is 9.80. The van der Waals surface area contributed by atoms with Crippen LogP contribution in [0.15, 0.2) is 36.7 Å². The van der Waals surface area contributed by atoms with Gasteiger partial charge in [0.2, 0.25) is 0 Å². The minimum Gasteiger partial charge on any atom is -0.486 e. The quantitative estimate of drug-likeness (QED) is 0.891. The van der Waals surface area contributed by atoms with Crippen LogP contribution in [0.3, 0.4) is 0 Å². The van der Waals surface area contributed by atoms with Crippen molar-refractivity contribution >= 4 is 5.69 Å². The summed E-state index contributed by atoms with van der Waals surface area (Å²) in [6.45, 7) is 1.79. The van der Waals surface area contributed by atoms with Crippen molar-refractivity contribution in [1.82, 2.24) is 9.97 Å². The van der Waals surface area contributed by atoms with Crippen LogP contribution in [0.5, 0.6) is 11.5 Å². The molecular weight excluding hydrogens is 230 g/mol. The largest absolute Gasteiger partial charge is 0.486 e. The van der Waals surface area contributed by atoms with Gasteiger partial charge in [-0.2, -0.15) is 0 Å². The minimum absolute atomic E-state index is 0.584. The lowest BCUT2D eigenvalue weighted by Gasteiger charge is -2.19. The first kappa shape index (κ1) is 10.8. The van der Waals surface area contributed by atoms with Gasteiger partial charge in [0, 0.05) is 24.1 Å². The molecule has 0 atom stereocenters. The predicted molar refractivity (Wildman–Crippen MR) is 66.8 cm³/mol. The monoisotopic (exact) mass is 243 g/mol. The van der Waals surface area contributed by atoms with Gasteiger partial charge in [-0.1, -0.05) is 0 Å². The van der Waals surface area contributed by atoms with E-state index in [1.54, 1.807) is 18.5 Å². The van der Waals surface area contributed by atoms with E-state index in [4.69, 9.17) is 9.47 Å². The number of nitrogens with zero attached hydrogens (tertiary/aromatic N) is 2. The SMILES string of the molecule is c1cnc(CNc2ccc3c(c2)OCCO3)nc1. The summed E-state index contributed by atoms with van der Waals surface area (Å²) in [5.41, 5.74) is 0.965. The second-order valence-corrected chi connectivity index (χ2v) is 3.88. The molecule has 1 N–H and O–H groups in total. The number of rotatable bonds is 3. The zero-order chi connectivity index (χ0) is 12.2. The first-order valence-corrected chi connectivity index (χ1v) is 5.81. The third-order valence-electron chi connectivity index (χ3n) is 2.61. The maximum Gasteiger partial charge on any atom is 0.163 e. The summed E-state index contributed by atoms with van der Waals surface area (Å²) in [6, 6.07) is 7.59. The van der Waals surface area contributed by atoms with Gasteiger partial charge in [0.15, 0.2) is 11.5 Å². The van der Waals surface area contributed by atoms with Crippen molar-refractivity contribution < 1.29 is 9.47 Å². The molecule has 0 radical (unpaired) electrons. The van der Waals surface area contributed by atoms with E-state index in [1.165, 1.54) is 0 Å². The highest BCUT2D eigenvalue weighted by atomic mass is 16.6. The third kappa shape index (κ3) is 2.34. The maximum absolute atomic E-state index is 5.52. The van der Waals surface area contributed by atoms with E-state index < -0.39 is 0 Å². The first-order chi connectivity index (χ1) is 8.92. The molecule has 3 rings (SSSR count). The third-order valence-corrected chi connectivity index (χ3v) is 2.61. The zero-order valence-electron chi connectivity index (χ0n) is 9.80. The molecular formula is C13H13N3O2. The number of nitrogens with one attached hydrogen (secondary N) is 1. The minimum atomic E-state index is 0.584. The Morgan fingerprint density at radius 1 is 1.06 bits per heavy atom. The lowest BCUT2D eigenvalue weighted by atomic mass is 10.2. The molecule has 0 saturated heterocycles. The van der Waals surface area contributed by atoms with Crippen molar-refractivity contribution in [3.8, 4) is 11.5 Å². The molecule has 0 amide bonds. The topological polar surface area (TPSA) is 56.3 Å². The molecule has 92 valence electrons. The van der Waals surface area contributed by atoms with Crippen LogP contribution in [0.4, 0.5) is 5.69 Å². The highest BCUT2D eigenvalue weighted by molar-refractivity contribution is 5.55. The molecule has 1 aromatic heterocycles. The van der Waals surface area contributed by atoms with Crippen molar-refractivity contribution in [2.45, 2.75) is 6.54 Å². The fourth-order valence-corrected chi connectivity index (χ4v) is 1.76. The summed E-state index contributed by atoms with van der Waals surface area (Å²) in [6.07, 6.45) is 3.46. The summed E-state index contributed by atoms with van der Waals surface area (Å²) in [5.74, 6) is 2.33. The Bertz CT molecular complexity index is 531. The van der Waals surface area contributed by atoms with Crippen LogP contribution in [-0.4, -0.2) is 23.2 Å². The number of fused-ring (bicyclic) bond motifs is 1. The molecule has 0 saturated carbocycles. The lowest BCUT2D eigenvalue weighted by Crippen LogP contribution is -2.15. The van der Waals surface area contributed by atoms with Gasteiger partial charge in [0.05, 0.1) is 6.54 Å². The van der Waals surface area contributed by atoms with Crippen molar-refractivity contribution in [2.75, 3.05) is 18.5 Å². The van der Waals surface area contributed by atoms with Crippen molar-refractivity contribution in [1.29, 1.82) is 0 Å². The molecule has 0 aliphatic carbocycles. The predicted octanol–water partition coefficient (Wildman–Crippen LogP) is 1.86. The lowest BCUT2D eigenvalue weighted by molar-refractivity contribution is 0.171. The Morgan fingerprint density at radius 2 is 1.83 bits per heavy atom. The molecule has 0 unspecified atom stereocenters. The number of anilines is 1. The highest BCUT2D eigenvalue weighted by Crippen LogP contribution is 2.32. The van der Waals surface area contributed by atoms with E-state index in [0.29, 0.717) is 19.8 Å². The molecule has 0 bridgehead atoms. The molecule has 5 nitrogen and oxygen atoms in total. The van der Waals surface area contributed by atoms with Gasteiger partial charge in [-0.15, -0.1) is 0 Å². The Balaban J connectivity index is 1.70. The number of hydrogen-bond donors (Lipinski definition) is 1. The van der Waals surface area contributed by atoms with Crippen LogP contribution in [0, 0.1) is 0 Å². The smallest absolute Gasteiger partial charge is 0.163 e. The standard InChI is InChI=1S/C13H13N3O2/c1-4-14-13(15-5-1)9-16-10-2-3-11-12(8-10)18-7-6-17-11/h1-5,8,16H,6-7,9H2. The molecule has 1 aliphatic rings. The van der Waals surface area contributed by atoms with E-state index >= 15 is 0 Å². The van der Waals surface area contributed by atoms with Crippen LogP contribution in [0.2, 0.25) is 0 Å². The van der Waals surface area contributed by atoms with E-state index in [9.17, 15) is 0 Å². The summed E-state index contributed by atoms with van der Waals surface area (Å²) in [4.78, 5) is 8.30. The van der Waals surface area contributed by atoms with E-state index in [1.807, 2.05) is 18.2 Å². The second-order valence-electron chi connectivity index (χ2n) is 3.88. The van der Waals surface area contributed by atoms with Crippen molar-refractivity contribution in [2.24, 2.45) is 0 Å². The molecule has 0 spiro atoms. The van der Waals surface area contributed by atoms with Crippen LogP contribution in [0.1, 0.15) is 5.82 Å². The first-order valence-electron chi connectivity index (χ1n) is 5.81. The number of benzene rings is 1. The molecule has 2 heterocycles. The van der Waals surface area contributed by atoms with E-state index in [-0.39, 0.29) is 0 Å². The van der Waals surface area contributed by atoms with Crippen LogP contribution >= 0.6 is 0 Å². The Kier molecular flexibility index (Phi) is 2.96. The van der Waals surface area contributed by atoms with E-state index in [2.05, 4.69) is 15.3 Å². The Morgan fingerprint density at radius 3 is 2.67 bits per heavy atom. The maximum atomic E-state index is 5.52. The van der Waals surface area contributed by atoms with Gasteiger partial charge in [-0.25, -0.2) is 9.97 Å². The summed E-state index contributed by atoms with van der Waals surface area (Å²) < 4.78 is 11.0. The van der Waals surface area contributed by atoms with Crippen LogP contribution in [-0.2, 0) is 6.54 Å². The van der Waals surface area contributed by atoms with Gasteiger partial charge in [-0.05, 0) is 18.2 Å². The molecule has 18 heavy (non-hydrogen) atoms. The number of ether oxygens (including phenoxy) is 2. The number of hydrogen-bond acceptors (Lipinski definition) is 5. The van der Waals surface area contributed by atoms with E-state index in [0.717, 1.165) is 23.0 Å². The Labute approximate surface area is 105 Å². The van der Waals surface area contributed by atoms with Crippen molar-refractivity contribution in [3.05, 3.63) is 42.5 Å². The van der Waals surface area contributed by atoms with Gasteiger partial charge < -0.3 is 14.8 Å².